The lowest BCUT2D eigenvalue weighted by atomic mass is 9.82. The van der Waals surface area contributed by atoms with Crippen molar-refractivity contribution in [2.75, 3.05) is 24.6 Å². The van der Waals surface area contributed by atoms with Crippen LogP contribution in [0.15, 0.2) is 71.3 Å². The van der Waals surface area contributed by atoms with E-state index in [1.807, 2.05) is 62.4 Å². The fraction of sp³-hybridized carbons (Fsp3) is 0.355. The molecule has 5 rings (SSSR count). The van der Waals surface area contributed by atoms with Crippen molar-refractivity contribution in [2.24, 2.45) is 11.8 Å². The number of aromatic nitrogens is 3. The Morgan fingerprint density at radius 1 is 1.05 bits per heavy atom. The van der Waals surface area contributed by atoms with Crippen molar-refractivity contribution in [1.29, 1.82) is 0 Å². The highest BCUT2D eigenvalue weighted by atomic mass is 16.5. The van der Waals surface area contributed by atoms with Gasteiger partial charge in [-0.25, -0.2) is 15.0 Å². The van der Waals surface area contributed by atoms with Crippen LogP contribution in [0.1, 0.15) is 35.6 Å². The van der Waals surface area contributed by atoms with E-state index in [1.54, 1.807) is 6.20 Å². The van der Waals surface area contributed by atoms with E-state index in [4.69, 9.17) is 9.15 Å². The van der Waals surface area contributed by atoms with Gasteiger partial charge >= 0.3 is 5.97 Å². The van der Waals surface area contributed by atoms with Crippen molar-refractivity contribution in [1.82, 2.24) is 15.0 Å². The highest BCUT2D eigenvalue weighted by Crippen LogP contribution is 2.30. The molecule has 1 aliphatic rings. The smallest absolute Gasteiger partial charge is 0.306 e. The molecule has 3 heterocycles. The molecule has 1 N–H and O–H groups in total. The van der Waals surface area contributed by atoms with Gasteiger partial charge < -0.3 is 19.2 Å². The van der Waals surface area contributed by atoms with Crippen molar-refractivity contribution in [3.05, 3.63) is 89.6 Å². The Balaban J connectivity index is 1.13. The number of ether oxygens (including phenoxy) is 1. The van der Waals surface area contributed by atoms with E-state index in [-0.39, 0.29) is 11.8 Å². The number of oxazole rings is 1. The van der Waals surface area contributed by atoms with Crippen molar-refractivity contribution in [3.8, 4) is 17.2 Å². The van der Waals surface area contributed by atoms with Crippen LogP contribution in [0.5, 0.6) is 5.75 Å². The minimum atomic E-state index is -0.716. The summed E-state index contributed by atoms with van der Waals surface area (Å²) in [4.78, 5) is 27.6. The number of aryl methyl sites for hydroxylation is 3. The van der Waals surface area contributed by atoms with E-state index in [0.717, 1.165) is 46.9 Å². The summed E-state index contributed by atoms with van der Waals surface area (Å²) in [6, 6.07) is 19.8. The second kappa shape index (κ2) is 12.1. The molecule has 1 fully saturated rings. The van der Waals surface area contributed by atoms with Crippen LogP contribution < -0.4 is 9.64 Å². The summed E-state index contributed by atoms with van der Waals surface area (Å²) < 4.78 is 11.8. The molecule has 8 heteroatoms. The molecule has 0 bridgehead atoms. The molecular formula is C31H34N4O4. The first kappa shape index (κ1) is 26.4. The van der Waals surface area contributed by atoms with Crippen LogP contribution in [-0.4, -0.2) is 45.7 Å². The highest BCUT2D eigenvalue weighted by Gasteiger charge is 2.34. The monoisotopic (exact) mass is 526 g/mol. The lowest BCUT2D eigenvalue weighted by Crippen LogP contribution is -2.44. The molecule has 2 aromatic carbocycles. The van der Waals surface area contributed by atoms with Crippen LogP contribution in [0.4, 0.5) is 5.95 Å². The van der Waals surface area contributed by atoms with Gasteiger partial charge in [0.05, 0.1) is 18.2 Å². The third kappa shape index (κ3) is 6.63. The third-order valence-corrected chi connectivity index (χ3v) is 7.36. The van der Waals surface area contributed by atoms with Gasteiger partial charge in [0, 0.05) is 37.0 Å². The molecule has 2 atom stereocenters. The second-order valence-electron chi connectivity index (χ2n) is 10.1. The fourth-order valence-electron chi connectivity index (χ4n) is 5.15. The number of piperidine rings is 1. The van der Waals surface area contributed by atoms with Crippen LogP contribution in [0.3, 0.4) is 0 Å². The molecule has 0 unspecified atom stereocenters. The number of carbonyl (C=O) groups is 1. The topological polar surface area (TPSA) is 102 Å². The van der Waals surface area contributed by atoms with Crippen LogP contribution in [0.2, 0.25) is 0 Å². The number of rotatable bonds is 10. The van der Waals surface area contributed by atoms with Crippen molar-refractivity contribution in [3.63, 3.8) is 0 Å². The van der Waals surface area contributed by atoms with E-state index < -0.39 is 5.97 Å². The van der Waals surface area contributed by atoms with Gasteiger partial charge in [0.2, 0.25) is 11.8 Å². The van der Waals surface area contributed by atoms with E-state index in [0.29, 0.717) is 44.4 Å². The highest BCUT2D eigenvalue weighted by molar-refractivity contribution is 5.71. The third-order valence-electron chi connectivity index (χ3n) is 7.36. The first-order valence-corrected chi connectivity index (χ1v) is 13.5. The predicted octanol–water partition coefficient (Wildman–Crippen LogP) is 5.53. The zero-order valence-electron chi connectivity index (χ0n) is 22.4. The van der Waals surface area contributed by atoms with Gasteiger partial charge in [-0.05, 0) is 74.9 Å². The standard InChI is InChI=1S/C31H34N4O4/c1-21-14-17-32-31(33-21)35-18-15-27(30(36)37)25(20-35)11-8-23-9-12-26(13-10-23)38-19-16-28-22(2)39-29(34-28)24-6-4-3-5-7-24/h3-7,9-10,12-14,17,25,27H,8,11,15-16,18-20H2,1-2H3,(H,36,37)/t25-,27+/m1/s1. The maximum atomic E-state index is 11.9. The van der Waals surface area contributed by atoms with Gasteiger partial charge in [0.15, 0.2) is 0 Å². The summed E-state index contributed by atoms with van der Waals surface area (Å²) in [6.45, 7) is 5.68. The Bertz CT molecular complexity index is 1390. The molecule has 0 radical (unpaired) electrons. The molecule has 2 aromatic heterocycles. The van der Waals surface area contributed by atoms with Crippen molar-refractivity contribution in [2.45, 2.75) is 39.5 Å². The van der Waals surface area contributed by atoms with Crippen LogP contribution in [0.25, 0.3) is 11.5 Å². The summed E-state index contributed by atoms with van der Waals surface area (Å²) >= 11 is 0. The maximum absolute atomic E-state index is 11.9. The first-order chi connectivity index (χ1) is 19.0. The van der Waals surface area contributed by atoms with E-state index in [9.17, 15) is 9.90 Å². The normalized spacial score (nSPS) is 17.2. The second-order valence-corrected chi connectivity index (χ2v) is 10.1. The predicted molar refractivity (Wildman–Crippen MR) is 149 cm³/mol. The molecule has 39 heavy (non-hydrogen) atoms. The van der Waals surface area contributed by atoms with Gasteiger partial charge in [0.25, 0.3) is 0 Å². The van der Waals surface area contributed by atoms with E-state index >= 15 is 0 Å². The van der Waals surface area contributed by atoms with Gasteiger partial charge in [-0.3, -0.25) is 4.79 Å². The lowest BCUT2D eigenvalue weighted by Gasteiger charge is -2.37. The molecule has 202 valence electrons. The minimum Gasteiger partial charge on any atom is -0.493 e. The SMILES string of the molecule is Cc1ccnc(N2CC[C@H](C(=O)O)[C@H](CCc3ccc(OCCc4nc(-c5ccccc5)oc4C)cc3)C2)n1. The Labute approximate surface area is 228 Å². The molecule has 0 spiro atoms. The average Bonchev–Trinajstić information content (AvgIpc) is 3.33. The number of nitrogens with zero attached hydrogens (tertiary/aromatic N) is 4. The van der Waals surface area contributed by atoms with Gasteiger partial charge in [-0.1, -0.05) is 30.3 Å². The summed E-state index contributed by atoms with van der Waals surface area (Å²) in [7, 11) is 0. The number of carboxylic acid groups (broad SMARTS) is 1. The summed E-state index contributed by atoms with van der Waals surface area (Å²) in [6.07, 6.45) is 4.60. The van der Waals surface area contributed by atoms with Crippen molar-refractivity contribution >= 4 is 11.9 Å². The van der Waals surface area contributed by atoms with Gasteiger partial charge in [0.1, 0.15) is 11.5 Å². The zero-order valence-corrected chi connectivity index (χ0v) is 22.4. The van der Waals surface area contributed by atoms with Crippen LogP contribution in [-0.2, 0) is 17.6 Å². The lowest BCUT2D eigenvalue weighted by molar-refractivity contribution is -0.144. The molecule has 4 aromatic rings. The summed E-state index contributed by atoms with van der Waals surface area (Å²) in [5.41, 5.74) is 3.93. The number of benzene rings is 2. The summed E-state index contributed by atoms with van der Waals surface area (Å²) in [5, 5.41) is 9.81. The molecule has 1 saturated heterocycles. The van der Waals surface area contributed by atoms with E-state index in [1.165, 1.54) is 0 Å². The van der Waals surface area contributed by atoms with Crippen LogP contribution in [0, 0.1) is 25.7 Å². The van der Waals surface area contributed by atoms with Crippen molar-refractivity contribution < 1.29 is 19.1 Å². The Hall–Kier alpha value is -4.20. The Morgan fingerprint density at radius 2 is 1.85 bits per heavy atom. The quantitative estimate of drug-likeness (QED) is 0.288. The summed E-state index contributed by atoms with van der Waals surface area (Å²) in [5.74, 6) is 1.88. The number of aliphatic carboxylic acids is 1. The average molecular weight is 527 g/mol. The van der Waals surface area contributed by atoms with Gasteiger partial charge in [-0.15, -0.1) is 0 Å². The van der Waals surface area contributed by atoms with Crippen LogP contribution >= 0.6 is 0 Å². The first-order valence-electron chi connectivity index (χ1n) is 13.5. The molecule has 8 nitrogen and oxygen atoms in total. The van der Waals surface area contributed by atoms with Gasteiger partial charge in [-0.2, -0.15) is 0 Å². The molecule has 0 amide bonds. The fourth-order valence-corrected chi connectivity index (χ4v) is 5.15. The number of anilines is 1. The number of hydrogen-bond acceptors (Lipinski definition) is 7. The molecule has 1 aliphatic heterocycles. The Morgan fingerprint density at radius 3 is 2.59 bits per heavy atom. The maximum Gasteiger partial charge on any atom is 0.306 e. The number of hydrogen-bond donors (Lipinski definition) is 1. The molecule has 0 aliphatic carbocycles. The number of carboxylic acids is 1. The van der Waals surface area contributed by atoms with E-state index in [2.05, 4.69) is 32.0 Å². The largest absolute Gasteiger partial charge is 0.493 e. The Kier molecular flexibility index (Phi) is 8.20. The molecule has 0 saturated carbocycles. The molecular weight excluding hydrogens is 492 g/mol. The minimum absolute atomic E-state index is 0.0303. The zero-order chi connectivity index (χ0) is 27.2.